The molecule has 196 valence electrons. The number of phenolic OH excluding ortho intramolecular Hbond substituents is 1. The lowest BCUT2D eigenvalue weighted by Gasteiger charge is -2.50. The van der Waals surface area contributed by atoms with E-state index in [4.69, 9.17) is 9.84 Å². The molecule has 0 aliphatic carbocycles. The van der Waals surface area contributed by atoms with E-state index < -0.39 is 12.1 Å². The molecule has 7 nitrogen and oxygen atoms in total. The number of phenols is 1. The smallest absolute Gasteiger partial charge is 0.335 e. The molecule has 3 saturated heterocycles. The van der Waals surface area contributed by atoms with E-state index >= 15 is 0 Å². The number of piperidine rings is 3. The number of carboxylic acids is 1. The summed E-state index contributed by atoms with van der Waals surface area (Å²) in [6, 6.07) is 17.6. The Morgan fingerprint density at radius 3 is 2.63 bits per heavy atom. The average Bonchev–Trinajstić information content (AvgIpc) is 2.96. The maximum Gasteiger partial charge on any atom is 0.335 e. The maximum absolute atomic E-state index is 11.2. The van der Waals surface area contributed by atoms with Gasteiger partial charge < -0.3 is 20.1 Å². The predicted octanol–water partition coefficient (Wildman–Crippen LogP) is 5.42. The number of aliphatic hydroxyl groups excluding tert-OH is 1. The number of pyridine rings is 1. The lowest BCUT2D eigenvalue weighted by molar-refractivity contribution is -0.0444. The molecule has 3 aliphatic heterocycles. The molecule has 4 heterocycles. The van der Waals surface area contributed by atoms with Gasteiger partial charge in [-0.15, -0.1) is 6.58 Å². The van der Waals surface area contributed by atoms with Crippen LogP contribution in [0.1, 0.15) is 34.9 Å². The van der Waals surface area contributed by atoms with Crippen LogP contribution in [0, 0.1) is 11.8 Å². The van der Waals surface area contributed by atoms with Crippen molar-refractivity contribution >= 4 is 27.6 Å². The van der Waals surface area contributed by atoms with Crippen molar-refractivity contribution in [3.05, 3.63) is 90.6 Å². The van der Waals surface area contributed by atoms with Gasteiger partial charge in [-0.3, -0.25) is 9.88 Å². The molecule has 3 N–H and O–H groups in total. The zero-order valence-corrected chi connectivity index (χ0v) is 21.3. The zero-order chi connectivity index (χ0) is 26.8. The third-order valence-corrected chi connectivity index (χ3v) is 7.89. The first kappa shape index (κ1) is 25.7. The number of methoxy groups -OCH3 is 1. The second-order valence-electron chi connectivity index (χ2n) is 10.0. The second-order valence-corrected chi connectivity index (χ2v) is 10.0. The van der Waals surface area contributed by atoms with Gasteiger partial charge in [-0.05, 0) is 96.1 Å². The van der Waals surface area contributed by atoms with E-state index in [9.17, 15) is 15.0 Å². The Labute approximate surface area is 221 Å². The summed E-state index contributed by atoms with van der Waals surface area (Å²) in [5, 5.41) is 31.7. The van der Waals surface area contributed by atoms with Crippen LogP contribution in [0.3, 0.4) is 0 Å². The van der Waals surface area contributed by atoms with Gasteiger partial charge in [-0.2, -0.15) is 0 Å². The van der Waals surface area contributed by atoms with Gasteiger partial charge in [0.2, 0.25) is 0 Å². The van der Waals surface area contributed by atoms with Crippen molar-refractivity contribution in [2.45, 2.75) is 25.0 Å². The number of hydrogen-bond donors (Lipinski definition) is 3. The van der Waals surface area contributed by atoms with Gasteiger partial charge >= 0.3 is 5.97 Å². The first-order valence-electron chi connectivity index (χ1n) is 12.8. The molecule has 38 heavy (non-hydrogen) atoms. The lowest BCUT2D eigenvalue weighted by Crippen LogP contribution is -2.54. The molecule has 3 fully saturated rings. The summed E-state index contributed by atoms with van der Waals surface area (Å²) >= 11 is 0. The maximum atomic E-state index is 11.2. The Bertz CT molecular complexity index is 1490. The number of fused-ring (bicyclic) bond motifs is 5. The third-order valence-electron chi connectivity index (χ3n) is 7.89. The van der Waals surface area contributed by atoms with Crippen molar-refractivity contribution < 1.29 is 24.9 Å². The van der Waals surface area contributed by atoms with Gasteiger partial charge in [0.25, 0.3) is 0 Å². The van der Waals surface area contributed by atoms with Gasteiger partial charge in [0.1, 0.15) is 11.5 Å². The number of ether oxygens (including phenoxy) is 1. The summed E-state index contributed by atoms with van der Waals surface area (Å²) in [7, 11) is 1.66. The highest BCUT2D eigenvalue weighted by molar-refractivity contribution is 5.94. The van der Waals surface area contributed by atoms with Gasteiger partial charge in [0, 0.05) is 24.2 Å². The summed E-state index contributed by atoms with van der Waals surface area (Å²) in [5.41, 5.74) is 2.10. The Morgan fingerprint density at radius 1 is 1.13 bits per heavy atom. The quantitative estimate of drug-likeness (QED) is 0.307. The number of aromatic hydroxyl groups is 1. The summed E-state index contributed by atoms with van der Waals surface area (Å²) in [4.78, 5) is 17.5. The highest BCUT2D eigenvalue weighted by Crippen LogP contribution is 2.42. The van der Waals surface area contributed by atoms with Crippen molar-refractivity contribution in [2.24, 2.45) is 11.8 Å². The number of rotatable bonds is 5. The molecule has 3 aromatic carbocycles. The topological polar surface area (TPSA) is 103 Å². The molecule has 0 amide bonds. The Morgan fingerprint density at radius 2 is 1.92 bits per heavy atom. The number of aromatic nitrogens is 1. The summed E-state index contributed by atoms with van der Waals surface area (Å²) in [6.07, 6.45) is 5.62. The molecule has 4 aromatic rings. The number of benzene rings is 3. The fourth-order valence-electron chi connectivity index (χ4n) is 5.81. The molecule has 7 rings (SSSR count). The van der Waals surface area contributed by atoms with Crippen LogP contribution >= 0.6 is 0 Å². The molecule has 2 bridgehead atoms. The number of nitrogens with zero attached hydrogens (tertiary/aromatic N) is 2. The molecule has 7 heteroatoms. The minimum Gasteiger partial charge on any atom is -0.508 e. The van der Waals surface area contributed by atoms with Gasteiger partial charge in [-0.25, -0.2) is 4.79 Å². The summed E-state index contributed by atoms with van der Waals surface area (Å²) in [5.74, 6) is 1.24. The van der Waals surface area contributed by atoms with Gasteiger partial charge in [0.05, 0.1) is 24.3 Å². The largest absolute Gasteiger partial charge is 0.508 e. The van der Waals surface area contributed by atoms with Crippen molar-refractivity contribution in [1.82, 2.24) is 9.88 Å². The first-order valence-corrected chi connectivity index (χ1v) is 12.8. The van der Waals surface area contributed by atoms with Crippen molar-refractivity contribution in [3.8, 4) is 11.5 Å². The lowest BCUT2D eigenvalue weighted by atomic mass is 9.73. The molecule has 0 spiro atoms. The van der Waals surface area contributed by atoms with Crippen LogP contribution < -0.4 is 4.74 Å². The van der Waals surface area contributed by atoms with Crippen LogP contribution in [0.2, 0.25) is 0 Å². The minimum atomic E-state index is -0.944. The first-order chi connectivity index (χ1) is 18.4. The van der Waals surface area contributed by atoms with E-state index in [1.807, 2.05) is 24.3 Å². The second kappa shape index (κ2) is 10.8. The van der Waals surface area contributed by atoms with Gasteiger partial charge in [-0.1, -0.05) is 18.2 Å². The van der Waals surface area contributed by atoms with Crippen LogP contribution in [0.5, 0.6) is 11.5 Å². The molecule has 0 saturated carbocycles. The van der Waals surface area contributed by atoms with Crippen LogP contribution in [0.25, 0.3) is 21.7 Å². The fourth-order valence-corrected chi connectivity index (χ4v) is 5.81. The SMILES string of the molecule is C=C[C@@H]1CN2CCC1C[C@@H]2[C@H](O)c1ccnc2ccc(OC)cc12.O=C(O)c1ccc2cc(O)ccc2c1. The molecule has 1 aromatic heterocycles. The van der Waals surface area contributed by atoms with Crippen molar-refractivity contribution in [3.63, 3.8) is 0 Å². The molecule has 0 radical (unpaired) electrons. The standard InChI is InChI=1S/C20H24N2O2.C11H8O3/c1-3-13-12-22-9-7-14(13)10-19(22)20(23)16-6-8-21-18-5-4-15(24-2)11-17(16)18;12-10-4-3-7-5-9(11(13)14)2-1-8(7)6-10/h3-6,8,11,13-14,19-20,23H,1,7,9-10,12H2,2H3;1-6,12H,(H,13,14)/t13-,14?,19-,20-;/m1./s1. The zero-order valence-electron chi connectivity index (χ0n) is 21.3. The third kappa shape index (κ3) is 5.08. The number of hydrogen-bond acceptors (Lipinski definition) is 6. The predicted molar refractivity (Wildman–Crippen MR) is 148 cm³/mol. The highest BCUT2D eigenvalue weighted by Gasteiger charge is 2.42. The van der Waals surface area contributed by atoms with Crippen LogP contribution in [-0.2, 0) is 0 Å². The van der Waals surface area contributed by atoms with Crippen LogP contribution in [0.4, 0.5) is 0 Å². The molecular weight excluding hydrogens is 480 g/mol. The summed E-state index contributed by atoms with van der Waals surface area (Å²) in [6.45, 7) is 6.07. The van der Waals surface area contributed by atoms with E-state index in [-0.39, 0.29) is 17.4 Å². The Balaban J connectivity index is 0.000000179. The monoisotopic (exact) mass is 512 g/mol. The van der Waals surface area contributed by atoms with Crippen molar-refractivity contribution in [1.29, 1.82) is 0 Å². The van der Waals surface area contributed by atoms with Crippen LogP contribution in [-0.4, -0.2) is 57.4 Å². The van der Waals surface area contributed by atoms with E-state index in [0.29, 0.717) is 11.8 Å². The van der Waals surface area contributed by atoms with E-state index in [0.717, 1.165) is 52.5 Å². The van der Waals surface area contributed by atoms with E-state index in [1.165, 1.54) is 18.6 Å². The molecule has 5 atom stereocenters. The summed E-state index contributed by atoms with van der Waals surface area (Å²) < 4.78 is 5.35. The highest BCUT2D eigenvalue weighted by atomic mass is 16.5. The number of aromatic carboxylic acids is 1. The van der Waals surface area contributed by atoms with Crippen LogP contribution in [0.15, 0.2) is 79.5 Å². The van der Waals surface area contributed by atoms with Crippen molar-refractivity contribution in [2.75, 3.05) is 20.2 Å². The number of aliphatic hydroxyl groups is 1. The minimum absolute atomic E-state index is 0.178. The molecule has 2 unspecified atom stereocenters. The normalized spacial score (nSPS) is 22.9. The Hall–Kier alpha value is -3.94. The number of carbonyl (C=O) groups is 1. The van der Waals surface area contributed by atoms with E-state index in [1.54, 1.807) is 37.6 Å². The van der Waals surface area contributed by atoms with E-state index in [2.05, 4.69) is 22.5 Å². The number of carboxylic acid groups (broad SMARTS) is 1. The van der Waals surface area contributed by atoms with Gasteiger partial charge in [0.15, 0.2) is 0 Å². The molecular formula is C31H32N2O5. The fraction of sp³-hybridized carbons (Fsp3) is 0.290. The Kier molecular flexibility index (Phi) is 7.31. The molecule has 3 aliphatic rings. The average molecular weight is 513 g/mol.